The molecule has 0 spiro atoms. The summed E-state index contributed by atoms with van der Waals surface area (Å²) >= 11 is 1.59. The summed E-state index contributed by atoms with van der Waals surface area (Å²) in [6, 6.07) is 1.81. The Labute approximate surface area is 145 Å². The van der Waals surface area contributed by atoms with Gasteiger partial charge in [0.15, 0.2) is 0 Å². The molecule has 2 N–H and O–H groups in total. The molecule has 0 bridgehead atoms. The normalized spacial score (nSPS) is 15.4. The fourth-order valence-corrected chi connectivity index (χ4v) is 3.47. The highest BCUT2D eigenvalue weighted by atomic mass is 32.1. The van der Waals surface area contributed by atoms with Crippen molar-refractivity contribution in [2.24, 2.45) is 0 Å². The molecule has 3 rings (SSSR count). The highest BCUT2D eigenvalue weighted by Gasteiger charge is 2.17. The molecule has 0 unspecified atom stereocenters. The zero-order valence-corrected chi connectivity index (χ0v) is 14.6. The quantitative estimate of drug-likeness (QED) is 0.873. The van der Waals surface area contributed by atoms with Crippen molar-refractivity contribution in [1.29, 1.82) is 0 Å². The van der Waals surface area contributed by atoms with Gasteiger partial charge in [0.2, 0.25) is 5.91 Å². The van der Waals surface area contributed by atoms with Crippen LogP contribution in [0.1, 0.15) is 41.2 Å². The third-order valence-electron chi connectivity index (χ3n) is 4.18. The Hall–Kier alpha value is -2.15. The number of nitrogens with zero attached hydrogens (tertiary/aromatic N) is 2. The Kier molecular flexibility index (Phi) is 5.30. The number of carbonyl (C=O) groups excluding carboxylic acids is 2. The summed E-state index contributed by atoms with van der Waals surface area (Å²) in [7, 11) is 0. The third kappa shape index (κ3) is 4.03. The third-order valence-corrected chi connectivity index (χ3v) is 4.95. The van der Waals surface area contributed by atoms with Crippen molar-refractivity contribution < 1.29 is 9.59 Å². The maximum atomic E-state index is 12.2. The van der Waals surface area contributed by atoms with Crippen LogP contribution in [-0.2, 0) is 4.79 Å². The molecule has 1 saturated heterocycles. The van der Waals surface area contributed by atoms with E-state index in [1.54, 1.807) is 23.6 Å². The highest BCUT2D eigenvalue weighted by Crippen LogP contribution is 2.22. The molecule has 0 radical (unpaired) electrons. The summed E-state index contributed by atoms with van der Waals surface area (Å²) < 4.78 is 0. The first kappa shape index (κ1) is 16.7. The van der Waals surface area contributed by atoms with Gasteiger partial charge in [0.1, 0.15) is 5.69 Å². The molecule has 2 aromatic rings. The summed E-state index contributed by atoms with van der Waals surface area (Å²) in [6.45, 7) is 3.79. The molecule has 6 nitrogen and oxygen atoms in total. The van der Waals surface area contributed by atoms with Gasteiger partial charge in [-0.25, -0.2) is 4.98 Å². The molecule has 2 amide bonds. The van der Waals surface area contributed by atoms with Crippen LogP contribution in [0.25, 0.3) is 11.3 Å². The molecular weight excluding hydrogens is 324 g/mol. The van der Waals surface area contributed by atoms with Gasteiger partial charge >= 0.3 is 0 Å². The van der Waals surface area contributed by atoms with E-state index in [0.29, 0.717) is 25.2 Å². The topological polar surface area (TPSA) is 78.1 Å². The molecule has 2 aromatic heterocycles. The van der Waals surface area contributed by atoms with Gasteiger partial charge in [0, 0.05) is 43.2 Å². The molecule has 7 heteroatoms. The highest BCUT2D eigenvalue weighted by molar-refractivity contribution is 7.09. The van der Waals surface area contributed by atoms with Crippen molar-refractivity contribution in [3.8, 4) is 11.3 Å². The summed E-state index contributed by atoms with van der Waals surface area (Å²) in [5, 5.41) is 5.85. The fraction of sp³-hybridized carbons (Fsp3) is 0.471. The number of amides is 2. The van der Waals surface area contributed by atoms with E-state index in [-0.39, 0.29) is 11.8 Å². The van der Waals surface area contributed by atoms with Gasteiger partial charge in [-0.1, -0.05) is 6.42 Å². The minimum absolute atomic E-state index is 0.157. The first-order valence-electron chi connectivity index (χ1n) is 8.30. The average Bonchev–Trinajstić information content (AvgIpc) is 3.16. The molecule has 3 heterocycles. The number of aryl methyl sites for hydroxylation is 1. The van der Waals surface area contributed by atoms with Crippen molar-refractivity contribution in [2.75, 3.05) is 19.6 Å². The average molecular weight is 346 g/mol. The van der Waals surface area contributed by atoms with Crippen molar-refractivity contribution in [3.63, 3.8) is 0 Å². The Morgan fingerprint density at radius 3 is 3.08 bits per heavy atom. The summed E-state index contributed by atoms with van der Waals surface area (Å²) in [5.41, 5.74) is 2.30. The molecule has 128 valence electrons. The smallest absolute Gasteiger partial charge is 0.267 e. The van der Waals surface area contributed by atoms with Crippen LogP contribution in [0.5, 0.6) is 0 Å². The predicted molar refractivity (Wildman–Crippen MR) is 94.0 cm³/mol. The van der Waals surface area contributed by atoms with Crippen LogP contribution < -0.4 is 5.32 Å². The van der Waals surface area contributed by atoms with Crippen molar-refractivity contribution in [2.45, 2.75) is 32.6 Å². The Morgan fingerprint density at radius 1 is 1.42 bits per heavy atom. The number of carbonyl (C=O) groups is 2. The second-order valence-electron chi connectivity index (χ2n) is 6.00. The number of H-pyrrole nitrogens is 1. The zero-order valence-electron chi connectivity index (χ0n) is 13.8. The monoisotopic (exact) mass is 346 g/mol. The van der Waals surface area contributed by atoms with Gasteiger partial charge in [0.25, 0.3) is 5.91 Å². The number of likely N-dealkylation sites (tertiary alicyclic amines) is 1. The lowest BCUT2D eigenvalue weighted by Gasteiger charge is -2.20. The Morgan fingerprint density at radius 2 is 2.29 bits per heavy atom. The minimum Gasteiger partial charge on any atom is -0.357 e. The van der Waals surface area contributed by atoms with Crippen molar-refractivity contribution in [1.82, 2.24) is 20.2 Å². The zero-order chi connectivity index (χ0) is 16.9. The maximum absolute atomic E-state index is 12.2. The van der Waals surface area contributed by atoms with Crippen LogP contribution in [0.3, 0.4) is 0 Å². The van der Waals surface area contributed by atoms with Gasteiger partial charge in [-0.15, -0.1) is 11.3 Å². The number of aromatic nitrogens is 2. The lowest BCUT2D eigenvalue weighted by Crippen LogP contribution is -2.38. The second kappa shape index (κ2) is 7.61. The molecule has 0 atom stereocenters. The minimum atomic E-state index is -0.157. The molecule has 0 saturated carbocycles. The van der Waals surface area contributed by atoms with Crippen LogP contribution in [0.2, 0.25) is 0 Å². The summed E-state index contributed by atoms with van der Waals surface area (Å²) in [5.74, 6) is 0.0401. The van der Waals surface area contributed by atoms with E-state index in [4.69, 9.17) is 0 Å². The lowest BCUT2D eigenvalue weighted by molar-refractivity contribution is -0.130. The SMILES string of the molecule is Cc1nc(-c2c[nH]c(C(=O)NCCN3CCCCCC3=O)c2)cs1. The standard InChI is InChI=1S/C17H22N4O2S/c1-12-20-15(11-24-12)13-9-14(19-10-13)17(23)18-6-8-21-7-4-2-3-5-16(21)22/h9-11,19H,2-8H2,1H3,(H,18,23). The van der Waals surface area contributed by atoms with E-state index in [9.17, 15) is 9.59 Å². The molecule has 1 aliphatic rings. The number of thiazole rings is 1. The number of aromatic amines is 1. The van der Waals surface area contributed by atoms with Crippen LogP contribution >= 0.6 is 11.3 Å². The van der Waals surface area contributed by atoms with Crippen LogP contribution in [-0.4, -0.2) is 46.3 Å². The van der Waals surface area contributed by atoms with E-state index in [0.717, 1.165) is 42.1 Å². The summed E-state index contributed by atoms with van der Waals surface area (Å²) in [6.07, 6.45) is 5.55. The van der Waals surface area contributed by atoms with Crippen LogP contribution in [0.15, 0.2) is 17.6 Å². The van der Waals surface area contributed by atoms with Gasteiger partial charge in [0.05, 0.1) is 10.7 Å². The first-order valence-corrected chi connectivity index (χ1v) is 9.18. The van der Waals surface area contributed by atoms with E-state index in [1.807, 2.05) is 17.2 Å². The molecule has 24 heavy (non-hydrogen) atoms. The number of hydrogen-bond acceptors (Lipinski definition) is 4. The van der Waals surface area contributed by atoms with Gasteiger partial charge in [-0.05, 0) is 25.8 Å². The molecule has 0 aliphatic carbocycles. The van der Waals surface area contributed by atoms with Crippen LogP contribution in [0.4, 0.5) is 0 Å². The van der Waals surface area contributed by atoms with Gasteiger partial charge < -0.3 is 15.2 Å². The van der Waals surface area contributed by atoms with Crippen LogP contribution in [0, 0.1) is 6.92 Å². The second-order valence-corrected chi connectivity index (χ2v) is 7.06. The molecular formula is C17H22N4O2S. The fourth-order valence-electron chi connectivity index (χ4n) is 2.84. The number of rotatable bonds is 5. The predicted octanol–water partition coefficient (Wildman–Crippen LogP) is 2.58. The van der Waals surface area contributed by atoms with Crippen molar-refractivity contribution in [3.05, 3.63) is 28.3 Å². The largest absolute Gasteiger partial charge is 0.357 e. The van der Waals surface area contributed by atoms with Gasteiger partial charge in [-0.2, -0.15) is 0 Å². The molecule has 1 aliphatic heterocycles. The molecule has 1 fully saturated rings. The molecule has 0 aromatic carbocycles. The maximum Gasteiger partial charge on any atom is 0.267 e. The van der Waals surface area contributed by atoms with Crippen molar-refractivity contribution >= 4 is 23.2 Å². The summed E-state index contributed by atoms with van der Waals surface area (Å²) in [4.78, 5) is 33.4. The number of hydrogen-bond donors (Lipinski definition) is 2. The lowest BCUT2D eigenvalue weighted by atomic mass is 10.2. The Bertz CT molecular complexity index is 722. The van der Waals surface area contributed by atoms with E-state index >= 15 is 0 Å². The van der Waals surface area contributed by atoms with Gasteiger partial charge in [-0.3, -0.25) is 9.59 Å². The number of nitrogens with one attached hydrogen (secondary N) is 2. The Balaban J connectivity index is 1.52. The van der Waals surface area contributed by atoms with E-state index in [2.05, 4.69) is 15.3 Å². The first-order chi connectivity index (χ1) is 11.6. The van der Waals surface area contributed by atoms with E-state index in [1.165, 1.54) is 0 Å². The van der Waals surface area contributed by atoms with E-state index < -0.39 is 0 Å².